The van der Waals surface area contributed by atoms with Crippen molar-refractivity contribution in [1.29, 1.82) is 0 Å². The zero-order valence-corrected chi connectivity index (χ0v) is 11.6. The third-order valence-corrected chi connectivity index (χ3v) is 3.06. The third-order valence-electron chi connectivity index (χ3n) is 3.06. The van der Waals surface area contributed by atoms with Gasteiger partial charge in [0.25, 0.3) is 0 Å². The molecule has 1 N–H and O–H groups in total. The number of nitrogens with one attached hydrogen (secondary N) is 1. The summed E-state index contributed by atoms with van der Waals surface area (Å²) in [5.41, 5.74) is 1.07. The summed E-state index contributed by atoms with van der Waals surface area (Å²) in [4.78, 5) is 2.21. The molecule has 0 bridgehead atoms. The van der Waals surface area contributed by atoms with Crippen LogP contribution in [0.2, 0.25) is 0 Å². The van der Waals surface area contributed by atoms with Gasteiger partial charge in [-0.1, -0.05) is 0 Å². The normalized spacial score (nSPS) is 18.0. The highest BCUT2D eigenvalue weighted by Crippen LogP contribution is 2.21. The van der Waals surface area contributed by atoms with Crippen LogP contribution in [0.4, 0.5) is 4.39 Å². The number of aryl methyl sites for hydroxylation is 1. The molecule has 0 amide bonds. The molecule has 0 unspecified atom stereocenters. The maximum Gasteiger partial charge on any atom is 0.111 e. The number of hydrogen-bond acceptors (Lipinski definition) is 2. The molecule has 0 aromatic carbocycles. The molecule has 2 heterocycles. The molecule has 1 fully saturated rings. The fourth-order valence-electron chi connectivity index (χ4n) is 2.18. The predicted octanol–water partition coefficient (Wildman–Crippen LogP) is 1.78. The number of rotatable bonds is 3. The molecular formula is C11H20Cl2FN3. The van der Waals surface area contributed by atoms with Crippen LogP contribution in [-0.2, 0) is 7.05 Å². The minimum Gasteiger partial charge on any atom is -0.353 e. The highest BCUT2D eigenvalue weighted by molar-refractivity contribution is 5.85. The summed E-state index contributed by atoms with van der Waals surface area (Å²) in [6.45, 7) is 3.47. The van der Waals surface area contributed by atoms with Gasteiger partial charge in [-0.05, 0) is 12.1 Å². The molecule has 6 heteroatoms. The summed E-state index contributed by atoms with van der Waals surface area (Å²) < 4.78 is 15.1. The quantitative estimate of drug-likeness (QED) is 0.913. The molecule has 0 saturated carbocycles. The molecule has 1 saturated heterocycles. The number of aromatic nitrogens is 1. The van der Waals surface area contributed by atoms with Crippen LogP contribution in [0, 0.1) is 0 Å². The Balaban J connectivity index is 0.00000128. The van der Waals surface area contributed by atoms with Gasteiger partial charge in [0.15, 0.2) is 0 Å². The van der Waals surface area contributed by atoms with Crippen molar-refractivity contribution in [3.63, 3.8) is 0 Å². The molecule has 1 atom stereocenters. The second-order valence-corrected chi connectivity index (χ2v) is 4.00. The van der Waals surface area contributed by atoms with Crippen LogP contribution in [0.25, 0.3) is 0 Å². The van der Waals surface area contributed by atoms with E-state index in [2.05, 4.69) is 10.2 Å². The topological polar surface area (TPSA) is 20.2 Å². The first-order chi connectivity index (χ1) is 7.33. The van der Waals surface area contributed by atoms with Crippen LogP contribution in [0.1, 0.15) is 11.7 Å². The first-order valence-electron chi connectivity index (χ1n) is 5.45. The van der Waals surface area contributed by atoms with E-state index in [0.29, 0.717) is 0 Å². The fourth-order valence-corrected chi connectivity index (χ4v) is 2.18. The largest absolute Gasteiger partial charge is 0.353 e. The van der Waals surface area contributed by atoms with Gasteiger partial charge in [0.1, 0.15) is 6.67 Å². The monoisotopic (exact) mass is 283 g/mol. The van der Waals surface area contributed by atoms with Gasteiger partial charge in [-0.3, -0.25) is 4.90 Å². The maximum absolute atomic E-state index is 13.1. The van der Waals surface area contributed by atoms with E-state index in [1.165, 1.54) is 0 Å². The van der Waals surface area contributed by atoms with E-state index < -0.39 is 0 Å². The van der Waals surface area contributed by atoms with Crippen LogP contribution in [0.3, 0.4) is 0 Å². The van der Waals surface area contributed by atoms with Crippen molar-refractivity contribution < 1.29 is 4.39 Å². The van der Waals surface area contributed by atoms with E-state index in [9.17, 15) is 4.39 Å². The van der Waals surface area contributed by atoms with Crippen LogP contribution >= 0.6 is 24.8 Å². The Labute approximate surface area is 114 Å². The van der Waals surface area contributed by atoms with Gasteiger partial charge in [-0.2, -0.15) is 0 Å². The lowest BCUT2D eigenvalue weighted by atomic mass is 10.1. The summed E-state index contributed by atoms with van der Waals surface area (Å²) in [5.74, 6) is 0. The molecule has 2 rings (SSSR count). The van der Waals surface area contributed by atoms with E-state index in [-0.39, 0.29) is 37.5 Å². The van der Waals surface area contributed by atoms with Crippen molar-refractivity contribution >= 4 is 24.8 Å². The minimum absolute atomic E-state index is 0. The summed E-state index contributed by atoms with van der Waals surface area (Å²) in [6, 6.07) is 3.90. The average Bonchev–Trinajstić information content (AvgIpc) is 2.68. The third kappa shape index (κ3) is 3.85. The zero-order chi connectivity index (χ0) is 10.7. The molecule has 17 heavy (non-hydrogen) atoms. The van der Waals surface area contributed by atoms with Gasteiger partial charge in [-0.15, -0.1) is 24.8 Å². The molecule has 0 radical (unpaired) electrons. The molecule has 1 aromatic heterocycles. The number of hydrogen-bond donors (Lipinski definition) is 1. The summed E-state index contributed by atoms with van der Waals surface area (Å²) in [5, 5.41) is 3.28. The standard InChI is InChI=1S/C11H18FN3.2ClH/c1-14-6-2-3-10(14)11(9-12)15-7-4-13-5-8-15;;/h2-3,6,11,13H,4-5,7-9H2,1H3;2*1H/t11-;;/m1../s1. The van der Waals surface area contributed by atoms with Crippen molar-refractivity contribution in [2.45, 2.75) is 6.04 Å². The van der Waals surface area contributed by atoms with E-state index in [4.69, 9.17) is 0 Å². The molecule has 0 spiro atoms. The summed E-state index contributed by atoms with van der Waals surface area (Å²) in [7, 11) is 1.97. The zero-order valence-electron chi connectivity index (χ0n) is 9.93. The maximum atomic E-state index is 13.1. The van der Waals surface area contributed by atoms with Crippen molar-refractivity contribution in [1.82, 2.24) is 14.8 Å². The van der Waals surface area contributed by atoms with Gasteiger partial charge in [0, 0.05) is 45.1 Å². The second-order valence-electron chi connectivity index (χ2n) is 4.00. The lowest BCUT2D eigenvalue weighted by Crippen LogP contribution is -2.46. The molecule has 100 valence electrons. The summed E-state index contributed by atoms with van der Waals surface area (Å²) >= 11 is 0. The minimum atomic E-state index is -0.308. The Hall–Kier alpha value is -0.290. The highest BCUT2D eigenvalue weighted by Gasteiger charge is 2.23. The lowest BCUT2D eigenvalue weighted by molar-refractivity contribution is 0.142. The first-order valence-corrected chi connectivity index (χ1v) is 5.45. The number of nitrogens with zero attached hydrogens (tertiary/aromatic N) is 2. The van der Waals surface area contributed by atoms with Gasteiger partial charge >= 0.3 is 0 Å². The lowest BCUT2D eigenvalue weighted by Gasteiger charge is -2.33. The van der Waals surface area contributed by atoms with Crippen LogP contribution in [-0.4, -0.2) is 42.3 Å². The van der Waals surface area contributed by atoms with E-state index >= 15 is 0 Å². The van der Waals surface area contributed by atoms with Crippen molar-refractivity contribution in [3.8, 4) is 0 Å². The van der Waals surface area contributed by atoms with Crippen molar-refractivity contribution in [3.05, 3.63) is 24.0 Å². The Morgan fingerprint density at radius 2 is 2.00 bits per heavy atom. The Kier molecular flexibility index (Phi) is 7.79. The van der Waals surface area contributed by atoms with Gasteiger partial charge in [0.05, 0.1) is 6.04 Å². The van der Waals surface area contributed by atoms with Crippen molar-refractivity contribution in [2.75, 3.05) is 32.9 Å². The first kappa shape index (κ1) is 16.7. The number of halogens is 3. The van der Waals surface area contributed by atoms with Gasteiger partial charge in [0.2, 0.25) is 0 Å². The SMILES string of the molecule is Cl.Cl.Cn1cccc1[C@@H](CF)N1CCNCC1. The predicted molar refractivity (Wildman–Crippen MR) is 73.1 cm³/mol. The molecule has 1 aromatic rings. The van der Waals surface area contributed by atoms with Crippen LogP contribution < -0.4 is 5.32 Å². The molecule has 1 aliphatic rings. The second kappa shape index (κ2) is 7.93. The molecular weight excluding hydrogens is 264 g/mol. The number of piperazine rings is 1. The van der Waals surface area contributed by atoms with Gasteiger partial charge in [-0.25, -0.2) is 4.39 Å². The Morgan fingerprint density at radius 1 is 1.35 bits per heavy atom. The highest BCUT2D eigenvalue weighted by atomic mass is 35.5. The summed E-state index contributed by atoms with van der Waals surface area (Å²) in [6.07, 6.45) is 1.97. The van der Waals surface area contributed by atoms with Gasteiger partial charge < -0.3 is 9.88 Å². The Bertz CT molecular complexity index is 313. The van der Waals surface area contributed by atoms with E-state index in [1.807, 2.05) is 29.9 Å². The molecule has 1 aliphatic heterocycles. The average molecular weight is 284 g/mol. The van der Waals surface area contributed by atoms with Crippen LogP contribution in [0.5, 0.6) is 0 Å². The molecule has 3 nitrogen and oxygen atoms in total. The van der Waals surface area contributed by atoms with E-state index in [1.54, 1.807) is 0 Å². The van der Waals surface area contributed by atoms with E-state index in [0.717, 1.165) is 31.9 Å². The molecule has 0 aliphatic carbocycles. The Morgan fingerprint density at radius 3 is 2.47 bits per heavy atom. The number of alkyl halides is 1. The smallest absolute Gasteiger partial charge is 0.111 e. The fraction of sp³-hybridized carbons (Fsp3) is 0.636. The van der Waals surface area contributed by atoms with Crippen LogP contribution in [0.15, 0.2) is 18.3 Å². The van der Waals surface area contributed by atoms with Crippen molar-refractivity contribution in [2.24, 2.45) is 7.05 Å².